The molecule has 0 aliphatic carbocycles. The summed E-state index contributed by atoms with van der Waals surface area (Å²) in [5, 5.41) is 10.8. The summed E-state index contributed by atoms with van der Waals surface area (Å²) < 4.78 is 27.7. The third kappa shape index (κ3) is 4.83. The van der Waals surface area contributed by atoms with Gasteiger partial charge in [0.15, 0.2) is 4.34 Å². The van der Waals surface area contributed by atoms with Crippen LogP contribution < -0.4 is 5.32 Å². The van der Waals surface area contributed by atoms with Gasteiger partial charge in [-0.2, -0.15) is 0 Å². The Bertz CT molecular complexity index is 886. The van der Waals surface area contributed by atoms with Crippen LogP contribution in [0.25, 0.3) is 0 Å². The van der Waals surface area contributed by atoms with E-state index in [1.165, 1.54) is 35.2 Å². The lowest BCUT2D eigenvalue weighted by Gasteiger charge is -2.02. The third-order valence-corrected chi connectivity index (χ3v) is 5.29. The van der Waals surface area contributed by atoms with Crippen molar-refractivity contribution in [2.45, 2.75) is 16.5 Å². The molecule has 8 heteroatoms. The lowest BCUT2D eigenvalue weighted by molar-refractivity contribution is -0.115. The molecular weight excluding hydrogens is 364 g/mol. The van der Waals surface area contributed by atoms with Crippen molar-refractivity contribution in [2.75, 3.05) is 5.32 Å². The number of thioether (sulfide) groups is 1. The van der Waals surface area contributed by atoms with Crippen LogP contribution >= 0.6 is 23.1 Å². The second-order valence-corrected chi connectivity index (χ2v) is 7.27. The molecule has 0 spiro atoms. The number of nitrogens with zero attached hydrogens (tertiary/aromatic N) is 2. The first kappa shape index (κ1) is 17.5. The van der Waals surface area contributed by atoms with Crippen molar-refractivity contribution >= 4 is 34.1 Å². The highest BCUT2D eigenvalue weighted by molar-refractivity contribution is 8.00. The lowest BCUT2D eigenvalue weighted by atomic mass is 10.1. The Labute approximate surface area is 151 Å². The zero-order valence-electron chi connectivity index (χ0n) is 12.9. The number of hydrogen-bond donors (Lipinski definition) is 1. The van der Waals surface area contributed by atoms with E-state index in [0.29, 0.717) is 26.4 Å². The number of benzene rings is 2. The van der Waals surface area contributed by atoms with Gasteiger partial charge in [0, 0.05) is 5.75 Å². The van der Waals surface area contributed by atoms with Crippen LogP contribution in [0.15, 0.2) is 52.9 Å². The van der Waals surface area contributed by atoms with E-state index in [2.05, 4.69) is 15.5 Å². The Morgan fingerprint density at radius 3 is 2.32 bits per heavy atom. The normalized spacial score (nSPS) is 10.6. The van der Waals surface area contributed by atoms with Gasteiger partial charge in [-0.25, -0.2) is 8.78 Å². The average molecular weight is 377 g/mol. The van der Waals surface area contributed by atoms with Crippen molar-refractivity contribution < 1.29 is 13.6 Å². The summed E-state index contributed by atoms with van der Waals surface area (Å²) in [6.07, 6.45) is -0.0794. The predicted molar refractivity (Wildman–Crippen MR) is 94.6 cm³/mol. The highest BCUT2D eigenvalue weighted by atomic mass is 32.2. The molecule has 0 saturated carbocycles. The highest BCUT2D eigenvalue weighted by Crippen LogP contribution is 2.29. The molecule has 0 bridgehead atoms. The summed E-state index contributed by atoms with van der Waals surface area (Å²) in [5.41, 5.74) is 0.895. The Balaban J connectivity index is 1.55. The fourth-order valence-electron chi connectivity index (χ4n) is 2.05. The Morgan fingerprint density at radius 2 is 1.64 bits per heavy atom. The molecule has 0 aliphatic rings. The lowest BCUT2D eigenvalue weighted by Crippen LogP contribution is -2.15. The number of hydrogen-bond acceptors (Lipinski definition) is 5. The standard InChI is InChI=1S/C17H13F2N3OS2/c18-13-7-3-1-5-11(13)9-15(23)20-16-21-22-17(25-16)24-10-12-6-2-4-8-14(12)19/h1-8H,9-10H2,(H,20,21,23). The average Bonchev–Trinajstić information content (AvgIpc) is 3.03. The number of rotatable bonds is 6. The minimum Gasteiger partial charge on any atom is -0.300 e. The number of amides is 1. The monoisotopic (exact) mass is 377 g/mol. The summed E-state index contributed by atoms with van der Waals surface area (Å²) in [5.74, 6) is -0.634. The van der Waals surface area contributed by atoms with E-state index in [0.717, 1.165) is 0 Å². The summed E-state index contributed by atoms with van der Waals surface area (Å²) >= 11 is 2.53. The van der Waals surface area contributed by atoms with Crippen LogP contribution in [0.1, 0.15) is 11.1 Å². The molecule has 3 rings (SSSR count). The molecule has 0 unspecified atom stereocenters. The quantitative estimate of drug-likeness (QED) is 0.514. The van der Waals surface area contributed by atoms with Crippen LogP contribution in [0.2, 0.25) is 0 Å². The molecule has 25 heavy (non-hydrogen) atoms. The molecule has 2 aromatic carbocycles. The first-order valence-corrected chi connectivity index (χ1v) is 9.15. The molecule has 3 aromatic rings. The molecule has 4 nitrogen and oxygen atoms in total. The molecule has 1 heterocycles. The van der Waals surface area contributed by atoms with Crippen LogP contribution in [-0.2, 0) is 17.0 Å². The van der Waals surface area contributed by atoms with E-state index in [-0.39, 0.29) is 18.1 Å². The van der Waals surface area contributed by atoms with Crippen molar-refractivity contribution in [1.29, 1.82) is 0 Å². The predicted octanol–water partition coefficient (Wildman–Crippen LogP) is 4.29. The summed E-state index contributed by atoms with van der Waals surface area (Å²) in [6.45, 7) is 0. The van der Waals surface area contributed by atoms with Crippen molar-refractivity contribution in [1.82, 2.24) is 10.2 Å². The van der Waals surface area contributed by atoms with Crippen molar-refractivity contribution in [3.8, 4) is 0 Å². The molecule has 128 valence electrons. The SMILES string of the molecule is O=C(Cc1ccccc1F)Nc1nnc(SCc2ccccc2F)s1. The smallest absolute Gasteiger partial charge is 0.230 e. The van der Waals surface area contributed by atoms with E-state index >= 15 is 0 Å². The highest BCUT2D eigenvalue weighted by Gasteiger charge is 2.12. The Hall–Kier alpha value is -2.32. The molecule has 0 aliphatic heterocycles. The molecule has 0 radical (unpaired) electrons. The van der Waals surface area contributed by atoms with Gasteiger partial charge < -0.3 is 5.32 Å². The van der Waals surface area contributed by atoms with Gasteiger partial charge in [-0.05, 0) is 23.3 Å². The molecule has 1 N–H and O–H groups in total. The van der Waals surface area contributed by atoms with E-state index in [9.17, 15) is 13.6 Å². The van der Waals surface area contributed by atoms with Gasteiger partial charge in [0.2, 0.25) is 11.0 Å². The van der Waals surface area contributed by atoms with Crippen molar-refractivity contribution in [2.24, 2.45) is 0 Å². The van der Waals surface area contributed by atoms with Gasteiger partial charge >= 0.3 is 0 Å². The molecule has 1 aromatic heterocycles. The fourth-order valence-corrected chi connectivity index (χ4v) is 3.81. The van der Waals surface area contributed by atoms with Gasteiger partial charge in [-0.3, -0.25) is 4.79 Å². The van der Waals surface area contributed by atoms with Crippen LogP contribution in [-0.4, -0.2) is 16.1 Å². The van der Waals surface area contributed by atoms with Gasteiger partial charge in [-0.15, -0.1) is 10.2 Å². The Morgan fingerprint density at radius 1 is 1.00 bits per heavy atom. The number of aromatic nitrogens is 2. The molecule has 0 saturated heterocycles. The maximum absolute atomic E-state index is 13.6. The van der Waals surface area contributed by atoms with Crippen LogP contribution in [0, 0.1) is 11.6 Å². The van der Waals surface area contributed by atoms with E-state index in [4.69, 9.17) is 0 Å². The van der Waals surface area contributed by atoms with Gasteiger partial charge in [0.1, 0.15) is 11.6 Å². The number of nitrogens with one attached hydrogen (secondary N) is 1. The first-order chi connectivity index (χ1) is 12.1. The van der Waals surface area contributed by atoms with Crippen LogP contribution in [0.5, 0.6) is 0 Å². The zero-order chi connectivity index (χ0) is 17.6. The number of halogens is 2. The topological polar surface area (TPSA) is 54.9 Å². The van der Waals surface area contributed by atoms with Crippen LogP contribution in [0.4, 0.5) is 13.9 Å². The third-order valence-electron chi connectivity index (χ3n) is 3.27. The first-order valence-electron chi connectivity index (χ1n) is 7.35. The second-order valence-electron chi connectivity index (χ2n) is 5.07. The minimum atomic E-state index is -0.420. The number of carbonyl (C=O) groups is 1. The number of carbonyl (C=O) groups excluding carboxylic acids is 1. The minimum absolute atomic E-state index is 0.0794. The molecular formula is C17H13F2N3OS2. The molecule has 0 fully saturated rings. The fraction of sp³-hybridized carbons (Fsp3) is 0.118. The van der Waals surface area contributed by atoms with Gasteiger partial charge in [0.05, 0.1) is 6.42 Å². The summed E-state index contributed by atoms with van der Waals surface area (Å²) in [6, 6.07) is 12.6. The van der Waals surface area contributed by atoms with Crippen molar-refractivity contribution in [3.63, 3.8) is 0 Å². The Kier molecular flexibility index (Phi) is 5.72. The summed E-state index contributed by atoms with van der Waals surface area (Å²) in [4.78, 5) is 12.0. The maximum atomic E-state index is 13.6. The second kappa shape index (κ2) is 8.17. The largest absolute Gasteiger partial charge is 0.300 e. The van der Waals surface area contributed by atoms with Crippen LogP contribution in [0.3, 0.4) is 0 Å². The van der Waals surface area contributed by atoms with Gasteiger partial charge in [-0.1, -0.05) is 59.5 Å². The zero-order valence-corrected chi connectivity index (χ0v) is 14.5. The van der Waals surface area contributed by atoms with Gasteiger partial charge in [0.25, 0.3) is 0 Å². The number of anilines is 1. The van der Waals surface area contributed by atoms with Crippen molar-refractivity contribution in [3.05, 3.63) is 71.3 Å². The van der Waals surface area contributed by atoms with E-state index in [1.807, 2.05) is 0 Å². The molecule has 0 atom stereocenters. The van der Waals surface area contributed by atoms with E-state index < -0.39 is 5.82 Å². The maximum Gasteiger partial charge on any atom is 0.230 e. The summed E-state index contributed by atoms with van der Waals surface area (Å²) in [7, 11) is 0. The molecule has 1 amide bonds. The van der Waals surface area contributed by atoms with E-state index in [1.54, 1.807) is 36.4 Å².